The Bertz CT molecular complexity index is 583. The van der Waals surface area contributed by atoms with Crippen molar-refractivity contribution in [2.24, 2.45) is 10.9 Å². The highest BCUT2D eigenvalue weighted by Crippen LogP contribution is 2.18. The zero-order valence-corrected chi connectivity index (χ0v) is 18.8. The van der Waals surface area contributed by atoms with Crippen molar-refractivity contribution in [1.82, 2.24) is 15.1 Å². The van der Waals surface area contributed by atoms with Crippen LogP contribution in [0.25, 0.3) is 0 Å². The summed E-state index contributed by atoms with van der Waals surface area (Å²) in [4.78, 5) is 9.26. The van der Waals surface area contributed by atoms with Crippen LogP contribution >= 0.6 is 0 Å². The average molecular weight is 405 g/mol. The molecule has 0 aliphatic carbocycles. The molecule has 1 saturated heterocycles. The van der Waals surface area contributed by atoms with Crippen molar-refractivity contribution in [1.29, 1.82) is 0 Å². The molecular weight excluding hydrogens is 364 g/mol. The fourth-order valence-electron chi connectivity index (χ4n) is 3.41. The molecule has 29 heavy (non-hydrogen) atoms. The van der Waals surface area contributed by atoms with Crippen molar-refractivity contribution >= 4 is 5.96 Å². The third-order valence-corrected chi connectivity index (χ3v) is 5.26. The SMILES string of the molecule is CCNC(=NCc1ccc(OCCCN(C)C)cc1)N(C)CCC1CCOCC1. The standard InChI is InChI=1S/C23H40N4O2/c1-5-24-23(27(4)15-11-20-12-17-28-18-13-20)25-19-21-7-9-22(10-8-21)29-16-6-14-26(2)3/h7-10,20H,5-6,11-19H2,1-4H3,(H,24,25). The molecule has 0 bridgehead atoms. The van der Waals surface area contributed by atoms with Crippen LogP contribution < -0.4 is 10.1 Å². The molecule has 164 valence electrons. The minimum absolute atomic E-state index is 0.671. The summed E-state index contributed by atoms with van der Waals surface area (Å²) in [7, 11) is 6.30. The van der Waals surface area contributed by atoms with Crippen LogP contribution in [0.4, 0.5) is 0 Å². The van der Waals surface area contributed by atoms with Crippen molar-refractivity contribution in [2.45, 2.75) is 39.2 Å². The Morgan fingerprint density at radius 1 is 1.14 bits per heavy atom. The molecule has 0 saturated carbocycles. The number of nitrogens with zero attached hydrogens (tertiary/aromatic N) is 3. The van der Waals surface area contributed by atoms with E-state index < -0.39 is 0 Å². The van der Waals surface area contributed by atoms with Crippen LogP contribution in [0.15, 0.2) is 29.3 Å². The number of ether oxygens (including phenoxy) is 2. The number of guanidine groups is 1. The van der Waals surface area contributed by atoms with Crippen molar-refractivity contribution in [3.05, 3.63) is 29.8 Å². The number of hydrogen-bond acceptors (Lipinski definition) is 4. The monoisotopic (exact) mass is 404 g/mol. The maximum Gasteiger partial charge on any atom is 0.193 e. The fourth-order valence-corrected chi connectivity index (χ4v) is 3.41. The molecule has 1 aromatic carbocycles. The van der Waals surface area contributed by atoms with E-state index in [1.54, 1.807) is 0 Å². The normalized spacial score (nSPS) is 15.6. The highest BCUT2D eigenvalue weighted by molar-refractivity contribution is 5.79. The summed E-state index contributed by atoms with van der Waals surface area (Å²) in [5, 5.41) is 3.42. The Balaban J connectivity index is 1.80. The largest absolute Gasteiger partial charge is 0.494 e. The third kappa shape index (κ3) is 9.50. The fraction of sp³-hybridized carbons (Fsp3) is 0.696. The van der Waals surface area contributed by atoms with Gasteiger partial charge in [0.05, 0.1) is 13.2 Å². The zero-order valence-electron chi connectivity index (χ0n) is 18.8. The van der Waals surface area contributed by atoms with E-state index >= 15 is 0 Å². The van der Waals surface area contributed by atoms with Gasteiger partial charge in [-0.05, 0) is 70.3 Å². The first-order valence-corrected chi connectivity index (χ1v) is 11.0. The molecule has 1 N–H and O–H groups in total. The molecule has 0 aromatic heterocycles. The van der Waals surface area contributed by atoms with E-state index in [1.165, 1.54) is 24.8 Å². The Labute approximate surface area is 177 Å². The topological polar surface area (TPSA) is 49.3 Å². The van der Waals surface area contributed by atoms with Crippen LogP contribution in [0.2, 0.25) is 0 Å². The first-order valence-electron chi connectivity index (χ1n) is 11.0. The van der Waals surface area contributed by atoms with Gasteiger partial charge in [-0.25, -0.2) is 4.99 Å². The first kappa shape index (κ1) is 23.5. The highest BCUT2D eigenvalue weighted by atomic mass is 16.5. The molecule has 6 heteroatoms. The Morgan fingerprint density at radius 3 is 2.52 bits per heavy atom. The molecule has 2 rings (SSSR count). The van der Waals surface area contributed by atoms with Gasteiger partial charge in [0, 0.05) is 39.9 Å². The van der Waals surface area contributed by atoms with Crippen molar-refractivity contribution in [3.8, 4) is 5.75 Å². The molecule has 1 heterocycles. The number of nitrogens with one attached hydrogen (secondary N) is 1. The zero-order chi connectivity index (χ0) is 20.9. The molecule has 6 nitrogen and oxygen atoms in total. The van der Waals surface area contributed by atoms with E-state index in [0.717, 1.165) is 63.5 Å². The van der Waals surface area contributed by atoms with E-state index in [1.807, 2.05) is 12.1 Å². The lowest BCUT2D eigenvalue weighted by Crippen LogP contribution is -2.40. The van der Waals surface area contributed by atoms with E-state index in [4.69, 9.17) is 14.5 Å². The van der Waals surface area contributed by atoms with Gasteiger partial charge in [-0.15, -0.1) is 0 Å². The maximum absolute atomic E-state index is 5.81. The van der Waals surface area contributed by atoms with Crippen LogP contribution in [0.3, 0.4) is 0 Å². The second kappa shape index (κ2) is 13.4. The molecule has 0 unspecified atom stereocenters. The summed E-state index contributed by atoms with van der Waals surface area (Å²) in [6.45, 7) is 8.31. The quantitative estimate of drug-likeness (QED) is 0.349. The number of rotatable bonds is 11. The Hall–Kier alpha value is -1.79. The summed E-state index contributed by atoms with van der Waals surface area (Å²) in [5.74, 6) is 2.68. The van der Waals surface area contributed by atoms with Crippen LogP contribution in [0.1, 0.15) is 38.2 Å². The lowest BCUT2D eigenvalue weighted by molar-refractivity contribution is 0.0625. The van der Waals surface area contributed by atoms with Crippen LogP contribution in [0.5, 0.6) is 5.75 Å². The second-order valence-electron chi connectivity index (χ2n) is 8.09. The van der Waals surface area contributed by atoms with Gasteiger partial charge in [-0.1, -0.05) is 12.1 Å². The smallest absolute Gasteiger partial charge is 0.193 e. The van der Waals surface area contributed by atoms with Gasteiger partial charge < -0.3 is 24.6 Å². The third-order valence-electron chi connectivity index (χ3n) is 5.26. The minimum Gasteiger partial charge on any atom is -0.494 e. The van der Waals surface area contributed by atoms with Crippen molar-refractivity contribution < 1.29 is 9.47 Å². The van der Waals surface area contributed by atoms with Gasteiger partial charge in [-0.3, -0.25) is 0 Å². The van der Waals surface area contributed by atoms with Gasteiger partial charge in [-0.2, -0.15) is 0 Å². The van der Waals surface area contributed by atoms with Crippen LogP contribution in [0, 0.1) is 5.92 Å². The van der Waals surface area contributed by atoms with E-state index in [2.05, 4.69) is 55.3 Å². The van der Waals surface area contributed by atoms with Gasteiger partial charge >= 0.3 is 0 Å². The summed E-state index contributed by atoms with van der Waals surface area (Å²) < 4.78 is 11.3. The van der Waals surface area contributed by atoms with E-state index in [0.29, 0.717) is 6.54 Å². The van der Waals surface area contributed by atoms with Crippen molar-refractivity contribution in [2.75, 3.05) is 60.6 Å². The first-order chi connectivity index (χ1) is 14.1. The Morgan fingerprint density at radius 2 is 1.86 bits per heavy atom. The van der Waals surface area contributed by atoms with Crippen molar-refractivity contribution in [3.63, 3.8) is 0 Å². The molecule has 0 atom stereocenters. The number of hydrogen-bond donors (Lipinski definition) is 1. The van der Waals surface area contributed by atoms with E-state index in [-0.39, 0.29) is 0 Å². The average Bonchev–Trinajstić information content (AvgIpc) is 2.74. The van der Waals surface area contributed by atoms with Crippen LogP contribution in [-0.4, -0.2) is 76.4 Å². The molecule has 0 amide bonds. The highest BCUT2D eigenvalue weighted by Gasteiger charge is 2.15. The molecule has 1 aliphatic rings. The molecule has 0 radical (unpaired) electrons. The summed E-state index contributed by atoms with van der Waals surface area (Å²) in [5.41, 5.74) is 1.19. The second-order valence-corrected chi connectivity index (χ2v) is 8.09. The van der Waals surface area contributed by atoms with Gasteiger partial charge in [0.1, 0.15) is 5.75 Å². The molecule has 1 aliphatic heterocycles. The Kier molecular flexibility index (Phi) is 10.9. The molecule has 1 aromatic rings. The molecule has 0 spiro atoms. The van der Waals surface area contributed by atoms with Gasteiger partial charge in [0.15, 0.2) is 5.96 Å². The van der Waals surface area contributed by atoms with Gasteiger partial charge in [0.2, 0.25) is 0 Å². The summed E-state index contributed by atoms with van der Waals surface area (Å²) in [6, 6.07) is 8.30. The van der Waals surface area contributed by atoms with Crippen LogP contribution in [-0.2, 0) is 11.3 Å². The number of benzene rings is 1. The molecular formula is C23H40N4O2. The maximum atomic E-state index is 5.81. The summed E-state index contributed by atoms with van der Waals surface area (Å²) >= 11 is 0. The number of aliphatic imine (C=N–C) groups is 1. The summed E-state index contributed by atoms with van der Waals surface area (Å²) in [6.07, 6.45) is 4.60. The molecule has 1 fully saturated rings. The van der Waals surface area contributed by atoms with E-state index in [9.17, 15) is 0 Å². The van der Waals surface area contributed by atoms with Gasteiger partial charge in [0.25, 0.3) is 0 Å². The predicted molar refractivity (Wildman–Crippen MR) is 121 cm³/mol. The lowest BCUT2D eigenvalue weighted by Gasteiger charge is -2.26. The minimum atomic E-state index is 0.671. The lowest BCUT2D eigenvalue weighted by atomic mass is 9.96. The predicted octanol–water partition coefficient (Wildman–Crippen LogP) is 3.23.